The minimum absolute atomic E-state index is 0.0241. The summed E-state index contributed by atoms with van der Waals surface area (Å²) in [7, 11) is 0. The highest BCUT2D eigenvalue weighted by molar-refractivity contribution is 5.77. The molecule has 3 rings (SSSR count). The molecule has 2 heterocycles. The molecular weight excluding hydrogens is 392 g/mol. The molecule has 1 saturated heterocycles. The number of nitrogens with zero attached hydrogens (tertiary/aromatic N) is 3. The first-order valence-electron chi connectivity index (χ1n) is 11.3. The number of aryl methyl sites for hydroxylation is 1. The molecule has 7 nitrogen and oxygen atoms in total. The van der Waals surface area contributed by atoms with Crippen molar-refractivity contribution in [2.75, 3.05) is 30.0 Å². The van der Waals surface area contributed by atoms with Crippen molar-refractivity contribution >= 4 is 23.0 Å². The molecule has 0 amide bonds. The number of nitrogens with one attached hydrogen (secondary N) is 1. The number of benzene rings is 1. The third-order valence-corrected chi connectivity index (χ3v) is 5.99. The summed E-state index contributed by atoms with van der Waals surface area (Å²) in [5.41, 5.74) is 3.93. The van der Waals surface area contributed by atoms with Crippen LogP contribution in [0.4, 0.5) is 17.1 Å². The minimum Gasteiger partial charge on any atom is -0.481 e. The Kier molecular flexibility index (Phi) is 8.23. The zero-order valence-corrected chi connectivity index (χ0v) is 18.8. The zero-order valence-electron chi connectivity index (χ0n) is 18.8. The minimum atomic E-state index is -0.772. The molecule has 0 saturated carbocycles. The summed E-state index contributed by atoms with van der Waals surface area (Å²) in [5.74, 6) is 0.0137. The topological polar surface area (TPSA) is 87.6 Å². The van der Waals surface area contributed by atoms with Crippen LogP contribution >= 0.6 is 0 Å². The van der Waals surface area contributed by atoms with Gasteiger partial charge >= 0.3 is 5.97 Å². The van der Waals surface area contributed by atoms with Crippen molar-refractivity contribution in [1.82, 2.24) is 9.97 Å². The van der Waals surface area contributed by atoms with Gasteiger partial charge in [0.15, 0.2) is 0 Å². The standard InChI is InChI=1S/C24H34N4O3/c1-4-17(14-24(29)30)18-7-8-22(28(6-3)20-9-11-31-12-10-20)21(13-18)27-19-15-25-23(5-2)26-16-19/h7-8,13,15-17,20,27H,4-6,9-12,14H2,1-3H3,(H,29,30)/t17-/m1/s1. The van der Waals surface area contributed by atoms with Crippen LogP contribution < -0.4 is 10.2 Å². The fourth-order valence-electron chi connectivity index (χ4n) is 4.25. The Hall–Kier alpha value is -2.67. The normalized spacial score (nSPS) is 15.5. The number of anilines is 3. The highest BCUT2D eigenvalue weighted by Crippen LogP contribution is 2.36. The van der Waals surface area contributed by atoms with Crippen LogP contribution in [0.15, 0.2) is 30.6 Å². The van der Waals surface area contributed by atoms with E-state index < -0.39 is 5.97 Å². The number of aliphatic carboxylic acids is 1. The van der Waals surface area contributed by atoms with Gasteiger partial charge in [0.05, 0.1) is 35.9 Å². The van der Waals surface area contributed by atoms with Gasteiger partial charge in [0, 0.05) is 32.2 Å². The molecule has 1 fully saturated rings. The van der Waals surface area contributed by atoms with Gasteiger partial charge in [0.25, 0.3) is 0 Å². The lowest BCUT2D eigenvalue weighted by Crippen LogP contribution is -2.39. The van der Waals surface area contributed by atoms with Gasteiger partial charge in [-0.05, 0) is 49.8 Å². The zero-order chi connectivity index (χ0) is 22.2. The molecular formula is C24H34N4O3. The van der Waals surface area contributed by atoms with Gasteiger partial charge < -0.3 is 20.1 Å². The molecule has 1 atom stereocenters. The molecule has 0 aliphatic carbocycles. The molecule has 0 unspecified atom stereocenters. The number of aromatic nitrogens is 2. The van der Waals surface area contributed by atoms with Crippen LogP contribution in [0.3, 0.4) is 0 Å². The number of hydrogen-bond donors (Lipinski definition) is 2. The van der Waals surface area contributed by atoms with E-state index >= 15 is 0 Å². The molecule has 7 heteroatoms. The molecule has 168 valence electrons. The number of carboxylic acids is 1. The van der Waals surface area contributed by atoms with E-state index in [9.17, 15) is 9.90 Å². The maximum absolute atomic E-state index is 11.4. The first kappa shape index (κ1) is 23.0. The summed E-state index contributed by atoms with van der Waals surface area (Å²) in [6.45, 7) is 8.69. The van der Waals surface area contributed by atoms with Crippen LogP contribution in [0.1, 0.15) is 63.8 Å². The van der Waals surface area contributed by atoms with Crippen LogP contribution in [-0.2, 0) is 16.0 Å². The summed E-state index contributed by atoms with van der Waals surface area (Å²) in [4.78, 5) is 22.6. The van der Waals surface area contributed by atoms with Crippen molar-refractivity contribution in [1.29, 1.82) is 0 Å². The van der Waals surface area contributed by atoms with Gasteiger partial charge in [-0.3, -0.25) is 4.79 Å². The van der Waals surface area contributed by atoms with Crippen LogP contribution in [0.2, 0.25) is 0 Å². The Labute approximate surface area is 184 Å². The lowest BCUT2D eigenvalue weighted by atomic mass is 9.92. The summed E-state index contributed by atoms with van der Waals surface area (Å²) in [5, 5.41) is 12.8. The predicted molar refractivity (Wildman–Crippen MR) is 123 cm³/mol. The summed E-state index contributed by atoms with van der Waals surface area (Å²) < 4.78 is 5.57. The molecule has 2 aromatic rings. The maximum atomic E-state index is 11.4. The van der Waals surface area contributed by atoms with Crippen molar-refractivity contribution in [2.45, 2.75) is 64.8 Å². The van der Waals surface area contributed by atoms with Crippen molar-refractivity contribution in [2.24, 2.45) is 0 Å². The largest absolute Gasteiger partial charge is 0.481 e. The van der Waals surface area contributed by atoms with Crippen molar-refractivity contribution in [3.63, 3.8) is 0 Å². The lowest BCUT2D eigenvalue weighted by molar-refractivity contribution is -0.137. The number of carbonyl (C=O) groups is 1. The summed E-state index contributed by atoms with van der Waals surface area (Å²) >= 11 is 0. The van der Waals surface area contributed by atoms with E-state index in [1.165, 1.54) is 0 Å². The van der Waals surface area contributed by atoms with Gasteiger partial charge in [0.1, 0.15) is 5.82 Å². The average molecular weight is 427 g/mol. The average Bonchev–Trinajstić information content (AvgIpc) is 2.80. The number of rotatable bonds is 10. The summed E-state index contributed by atoms with van der Waals surface area (Å²) in [6, 6.07) is 6.73. The number of carboxylic acid groups (broad SMARTS) is 1. The number of ether oxygens (including phenoxy) is 1. The Morgan fingerprint density at radius 1 is 1.23 bits per heavy atom. The molecule has 31 heavy (non-hydrogen) atoms. The van der Waals surface area contributed by atoms with E-state index in [-0.39, 0.29) is 12.3 Å². The molecule has 2 N–H and O–H groups in total. The molecule has 1 aliphatic rings. The lowest BCUT2D eigenvalue weighted by Gasteiger charge is -2.36. The van der Waals surface area contributed by atoms with Gasteiger partial charge in [0.2, 0.25) is 0 Å². The Bertz CT molecular complexity index is 850. The van der Waals surface area contributed by atoms with Crippen LogP contribution in [0, 0.1) is 0 Å². The molecule has 1 aromatic carbocycles. The smallest absolute Gasteiger partial charge is 0.303 e. The van der Waals surface area contributed by atoms with Crippen molar-refractivity contribution in [3.8, 4) is 0 Å². The first-order chi connectivity index (χ1) is 15.0. The van der Waals surface area contributed by atoms with Crippen LogP contribution in [0.25, 0.3) is 0 Å². The van der Waals surface area contributed by atoms with Gasteiger partial charge in [-0.1, -0.05) is 19.9 Å². The van der Waals surface area contributed by atoms with E-state index in [1.54, 1.807) is 0 Å². The van der Waals surface area contributed by atoms with E-state index in [4.69, 9.17) is 4.74 Å². The Morgan fingerprint density at radius 2 is 1.94 bits per heavy atom. The Morgan fingerprint density at radius 3 is 2.52 bits per heavy atom. The Balaban J connectivity index is 1.97. The van der Waals surface area contributed by atoms with E-state index in [0.717, 1.165) is 73.9 Å². The molecule has 0 radical (unpaired) electrons. The van der Waals surface area contributed by atoms with Crippen molar-refractivity contribution < 1.29 is 14.6 Å². The second-order valence-corrected chi connectivity index (χ2v) is 7.98. The quantitative estimate of drug-likeness (QED) is 0.566. The van der Waals surface area contributed by atoms with Crippen molar-refractivity contribution in [3.05, 3.63) is 42.0 Å². The number of hydrogen-bond acceptors (Lipinski definition) is 6. The fourth-order valence-corrected chi connectivity index (χ4v) is 4.25. The monoisotopic (exact) mass is 426 g/mol. The SMILES string of the molecule is CCc1ncc(Nc2cc([C@H](CC)CC(=O)O)ccc2N(CC)C2CCOCC2)cn1. The van der Waals surface area contributed by atoms with E-state index in [1.807, 2.05) is 26.2 Å². The molecule has 1 aliphatic heterocycles. The van der Waals surface area contributed by atoms with E-state index in [2.05, 4.69) is 45.3 Å². The predicted octanol–water partition coefficient (Wildman–Crippen LogP) is 4.76. The van der Waals surface area contributed by atoms with Gasteiger partial charge in [-0.2, -0.15) is 0 Å². The van der Waals surface area contributed by atoms with E-state index in [0.29, 0.717) is 6.04 Å². The third-order valence-electron chi connectivity index (χ3n) is 5.99. The molecule has 0 bridgehead atoms. The van der Waals surface area contributed by atoms with Crippen LogP contribution in [-0.4, -0.2) is 46.8 Å². The summed E-state index contributed by atoms with van der Waals surface area (Å²) in [6.07, 6.45) is 7.31. The first-order valence-corrected chi connectivity index (χ1v) is 11.3. The van der Waals surface area contributed by atoms with Crippen LogP contribution in [0.5, 0.6) is 0 Å². The molecule has 0 spiro atoms. The fraction of sp³-hybridized carbons (Fsp3) is 0.542. The second kappa shape index (κ2) is 11.1. The third kappa shape index (κ3) is 5.94. The second-order valence-electron chi connectivity index (χ2n) is 7.98. The molecule has 1 aromatic heterocycles. The van der Waals surface area contributed by atoms with Gasteiger partial charge in [-0.15, -0.1) is 0 Å². The highest BCUT2D eigenvalue weighted by Gasteiger charge is 2.24. The van der Waals surface area contributed by atoms with Gasteiger partial charge in [-0.25, -0.2) is 9.97 Å². The highest BCUT2D eigenvalue weighted by atomic mass is 16.5. The maximum Gasteiger partial charge on any atom is 0.303 e.